The Morgan fingerprint density at radius 1 is 1.07 bits per heavy atom. The number of aryl methyl sites for hydroxylation is 4. The molecule has 1 aliphatic rings. The number of aliphatic carboxylic acids is 1. The molecule has 1 fully saturated rings. The molecule has 1 saturated heterocycles. The van der Waals surface area contributed by atoms with E-state index in [9.17, 15) is 34.5 Å². The molecule has 232 valence electrons. The number of aliphatic hydroxyl groups excluding tert-OH is 3. The van der Waals surface area contributed by atoms with Crippen molar-refractivity contribution in [3.8, 4) is 11.3 Å². The van der Waals surface area contributed by atoms with Crippen LogP contribution in [-0.2, 0) is 38.4 Å². The van der Waals surface area contributed by atoms with E-state index in [4.69, 9.17) is 14.6 Å². The normalized spacial score (nSPS) is 22.3. The second-order valence-electron chi connectivity index (χ2n) is 11.4. The lowest BCUT2D eigenvalue weighted by Crippen LogP contribution is -2.60. The van der Waals surface area contributed by atoms with Gasteiger partial charge in [0, 0.05) is 33.6 Å². The zero-order valence-corrected chi connectivity index (χ0v) is 25.0. The molecule has 14 heteroatoms. The van der Waals surface area contributed by atoms with E-state index in [0.29, 0.717) is 24.2 Å². The molecule has 4 heterocycles. The summed E-state index contributed by atoms with van der Waals surface area (Å²) in [6, 6.07) is 8.98. The number of ether oxygens (including phenoxy) is 2. The van der Waals surface area contributed by atoms with Gasteiger partial charge in [-0.1, -0.05) is 20.8 Å². The summed E-state index contributed by atoms with van der Waals surface area (Å²) < 4.78 is 12.6. The number of carbonyl (C=O) groups is 3. The highest BCUT2D eigenvalue weighted by Crippen LogP contribution is 2.25. The van der Waals surface area contributed by atoms with E-state index in [1.54, 1.807) is 50.3 Å². The van der Waals surface area contributed by atoms with E-state index in [1.165, 1.54) is 25.2 Å². The Kier molecular flexibility index (Phi) is 9.66. The Morgan fingerprint density at radius 3 is 2.42 bits per heavy atom. The lowest BCUT2D eigenvalue weighted by Gasteiger charge is -2.37. The number of esters is 1. The van der Waals surface area contributed by atoms with Crippen LogP contribution < -0.4 is 5.56 Å². The molecular formula is C29H35N3O10S. The summed E-state index contributed by atoms with van der Waals surface area (Å²) in [5.74, 6) is -2.77. The number of carboxylic acid groups (broad SMARTS) is 1. The van der Waals surface area contributed by atoms with Gasteiger partial charge in [-0.3, -0.25) is 14.4 Å². The zero-order valence-electron chi connectivity index (χ0n) is 24.2. The van der Waals surface area contributed by atoms with E-state index in [-0.39, 0.29) is 24.4 Å². The Hall–Kier alpha value is -3.69. The summed E-state index contributed by atoms with van der Waals surface area (Å²) in [6.07, 6.45) is -7.16. The molecular weight excluding hydrogens is 582 g/mol. The number of pyridine rings is 1. The molecule has 0 unspecified atom stereocenters. The van der Waals surface area contributed by atoms with E-state index < -0.39 is 53.6 Å². The molecule has 4 N–H and O–H groups in total. The zero-order chi connectivity index (χ0) is 31.6. The second-order valence-corrected chi connectivity index (χ2v) is 12.8. The molecule has 0 radical (unpaired) electrons. The molecule has 0 amide bonds. The first kappa shape index (κ1) is 32.2. The van der Waals surface area contributed by atoms with Crippen LogP contribution >= 0.6 is 11.3 Å². The lowest BCUT2D eigenvalue weighted by molar-refractivity contribution is -0.286. The summed E-state index contributed by atoms with van der Waals surface area (Å²) in [4.78, 5) is 52.7. The fraction of sp³-hybridized carbons (Fsp3) is 0.483. The predicted molar refractivity (Wildman–Crippen MR) is 153 cm³/mol. The van der Waals surface area contributed by atoms with Crippen LogP contribution in [0, 0.1) is 12.3 Å². The topological polar surface area (TPSA) is 190 Å². The third-order valence-electron chi connectivity index (χ3n) is 6.95. The fourth-order valence-corrected chi connectivity index (χ4v) is 5.44. The third kappa shape index (κ3) is 7.28. The van der Waals surface area contributed by atoms with Crippen molar-refractivity contribution >= 4 is 29.2 Å². The Morgan fingerprint density at radius 2 is 1.79 bits per heavy atom. The molecule has 0 saturated carbocycles. The quantitative estimate of drug-likeness (QED) is 0.254. The molecule has 0 aliphatic carbocycles. The van der Waals surface area contributed by atoms with Crippen molar-refractivity contribution in [2.75, 3.05) is 0 Å². The van der Waals surface area contributed by atoms with Gasteiger partial charge in [-0.2, -0.15) is 5.10 Å². The summed E-state index contributed by atoms with van der Waals surface area (Å²) in [6.45, 7) is 7.25. The van der Waals surface area contributed by atoms with Gasteiger partial charge in [0.05, 0.1) is 17.7 Å². The molecule has 0 spiro atoms. The standard InChI is InChI=1S/C29H35N3O10S/c1-15-7-9-17(43-15)10-8-16-14-19(30-32(16)28(40)29(2,3)4)18-6-5-12-31(25(18)37)13-11-20(33)41-27-23(36)21(34)22(35)24(42-27)26(38)39/h5-7,9,12,14,21-24,27,34-36H,8,10-11,13H2,1-4H3,(H,38,39)/t21-,22-,23+,24-,27+/m0/s1. The van der Waals surface area contributed by atoms with E-state index in [0.717, 1.165) is 0 Å². The monoisotopic (exact) mass is 617 g/mol. The van der Waals surface area contributed by atoms with Crippen LogP contribution in [0.3, 0.4) is 0 Å². The maximum atomic E-state index is 13.4. The SMILES string of the molecule is Cc1ccc(CCc2cc(-c3cccn(CCC(=O)O[C@@H]4O[C@H](C(=O)O)[C@@H](O)[C@H](O)[C@H]4O)c3=O)nn2C(=O)C(C)(C)C)s1. The second kappa shape index (κ2) is 12.9. The van der Waals surface area contributed by atoms with Gasteiger partial charge in [-0.05, 0) is 50.1 Å². The molecule has 13 nitrogen and oxygen atoms in total. The molecule has 43 heavy (non-hydrogen) atoms. The minimum atomic E-state index is -1.92. The largest absolute Gasteiger partial charge is 0.479 e. The number of aliphatic hydroxyl groups is 3. The average Bonchev–Trinajstić information content (AvgIpc) is 3.56. The molecule has 0 aromatic carbocycles. The number of hydrogen-bond acceptors (Lipinski definition) is 11. The van der Waals surface area contributed by atoms with Crippen LogP contribution in [0.15, 0.2) is 41.3 Å². The first-order valence-corrected chi connectivity index (χ1v) is 14.5. The molecule has 0 bridgehead atoms. The third-order valence-corrected chi connectivity index (χ3v) is 8.01. The molecule has 4 rings (SSSR count). The highest BCUT2D eigenvalue weighted by Gasteiger charge is 2.48. The van der Waals surface area contributed by atoms with Crippen molar-refractivity contribution in [3.63, 3.8) is 0 Å². The number of carbonyl (C=O) groups excluding carboxylic acids is 2. The number of aromatic nitrogens is 3. The van der Waals surface area contributed by atoms with Crippen molar-refractivity contribution in [1.29, 1.82) is 0 Å². The number of nitrogens with zero attached hydrogens (tertiary/aromatic N) is 3. The van der Waals surface area contributed by atoms with Crippen LogP contribution in [0.4, 0.5) is 0 Å². The maximum absolute atomic E-state index is 13.4. The predicted octanol–water partition coefficient (Wildman–Crippen LogP) is 1.38. The van der Waals surface area contributed by atoms with E-state index in [1.807, 2.05) is 19.1 Å². The van der Waals surface area contributed by atoms with Gasteiger partial charge in [0.15, 0.2) is 6.10 Å². The summed E-state index contributed by atoms with van der Waals surface area (Å²) in [7, 11) is 0. The molecule has 3 aromatic rings. The number of thiophene rings is 1. The number of rotatable bonds is 9. The summed E-state index contributed by atoms with van der Waals surface area (Å²) in [5.41, 5.74) is 0.00234. The summed E-state index contributed by atoms with van der Waals surface area (Å²) in [5, 5.41) is 43.4. The van der Waals surface area contributed by atoms with Gasteiger partial charge in [-0.25, -0.2) is 9.48 Å². The highest BCUT2D eigenvalue weighted by atomic mass is 32.1. The number of hydrogen-bond donors (Lipinski definition) is 4. The molecule has 3 aromatic heterocycles. The maximum Gasteiger partial charge on any atom is 0.335 e. The smallest absolute Gasteiger partial charge is 0.335 e. The van der Waals surface area contributed by atoms with Crippen LogP contribution in [0.2, 0.25) is 0 Å². The van der Waals surface area contributed by atoms with Gasteiger partial charge < -0.3 is 34.5 Å². The van der Waals surface area contributed by atoms with Gasteiger partial charge in [0.2, 0.25) is 6.29 Å². The van der Waals surface area contributed by atoms with E-state index in [2.05, 4.69) is 5.10 Å². The van der Waals surface area contributed by atoms with Gasteiger partial charge in [0.25, 0.3) is 11.5 Å². The Balaban J connectivity index is 1.51. The first-order chi connectivity index (χ1) is 20.2. The Labute approximate surface area is 250 Å². The summed E-state index contributed by atoms with van der Waals surface area (Å²) >= 11 is 1.68. The fourth-order valence-electron chi connectivity index (χ4n) is 4.55. The van der Waals surface area contributed by atoms with Crippen molar-refractivity contribution in [3.05, 3.63) is 62.3 Å². The first-order valence-electron chi connectivity index (χ1n) is 13.7. The Bertz CT molecular complexity index is 1550. The minimum absolute atomic E-state index is 0.145. The van der Waals surface area contributed by atoms with Crippen molar-refractivity contribution < 1.29 is 44.3 Å². The van der Waals surface area contributed by atoms with Crippen molar-refractivity contribution in [2.24, 2.45) is 5.41 Å². The van der Waals surface area contributed by atoms with Crippen molar-refractivity contribution in [1.82, 2.24) is 14.3 Å². The van der Waals surface area contributed by atoms with Crippen LogP contribution in [-0.4, -0.2) is 83.3 Å². The van der Waals surface area contributed by atoms with Crippen molar-refractivity contribution in [2.45, 2.75) is 84.2 Å². The van der Waals surface area contributed by atoms with Gasteiger partial charge in [0.1, 0.15) is 18.3 Å². The van der Waals surface area contributed by atoms with Crippen LogP contribution in [0.25, 0.3) is 11.3 Å². The molecule has 5 atom stereocenters. The highest BCUT2D eigenvalue weighted by molar-refractivity contribution is 7.11. The van der Waals surface area contributed by atoms with E-state index >= 15 is 0 Å². The molecule has 1 aliphatic heterocycles. The van der Waals surface area contributed by atoms with Crippen LogP contribution in [0.5, 0.6) is 0 Å². The minimum Gasteiger partial charge on any atom is -0.479 e. The number of carboxylic acids is 1. The van der Waals surface area contributed by atoms with Gasteiger partial charge in [-0.15, -0.1) is 11.3 Å². The van der Waals surface area contributed by atoms with Gasteiger partial charge >= 0.3 is 11.9 Å². The average molecular weight is 618 g/mol. The lowest BCUT2D eigenvalue weighted by atomic mass is 9.95. The van der Waals surface area contributed by atoms with Crippen LogP contribution in [0.1, 0.15) is 47.4 Å².